The molecule has 0 aliphatic carbocycles. The van der Waals surface area contributed by atoms with Crippen LogP contribution >= 0.6 is 11.6 Å². The van der Waals surface area contributed by atoms with Crippen LogP contribution in [0.1, 0.15) is 85.1 Å². The second-order valence-electron chi connectivity index (χ2n) is 20.2. The van der Waals surface area contributed by atoms with E-state index in [4.69, 9.17) is 26.1 Å². The van der Waals surface area contributed by atoms with Gasteiger partial charge in [-0.25, -0.2) is 28.2 Å². The number of hydrogen-bond acceptors (Lipinski definition) is 14. The van der Waals surface area contributed by atoms with Crippen LogP contribution in [0.15, 0.2) is 96.2 Å². The Labute approximate surface area is 447 Å². The van der Waals surface area contributed by atoms with Gasteiger partial charge in [0.05, 0.1) is 42.4 Å². The fourth-order valence-electron chi connectivity index (χ4n) is 9.88. The number of likely N-dealkylation sites (tertiary alicyclic amines) is 1. The van der Waals surface area contributed by atoms with Crippen LogP contribution in [0.4, 0.5) is 30.9 Å². The molecule has 2 saturated heterocycles. The maximum Gasteiger partial charge on any atom is 0.410 e. The fraction of sp³-hybridized carbons (Fsp3) is 0.345. The van der Waals surface area contributed by atoms with Crippen molar-refractivity contribution in [3.05, 3.63) is 136 Å². The number of fused-ring (bicyclic) bond motifs is 4. The summed E-state index contributed by atoms with van der Waals surface area (Å²) in [7, 11) is 0. The molecule has 0 radical (unpaired) electrons. The molecule has 5 amide bonds. The third-order valence-electron chi connectivity index (χ3n) is 13.8. The molecule has 4 aliphatic heterocycles. The smallest absolute Gasteiger partial charge is 0.410 e. The van der Waals surface area contributed by atoms with Gasteiger partial charge in [-0.2, -0.15) is 0 Å². The highest BCUT2D eigenvalue weighted by molar-refractivity contribution is 6.31. The van der Waals surface area contributed by atoms with E-state index < -0.39 is 41.2 Å². The number of piperidine rings is 2. The zero-order valence-electron chi connectivity index (χ0n) is 42.5. The molecule has 77 heavy (non-hydrogen) atoms. The van der Waals surface area contributed by atoms with Crippen LogP contribution in [0.25, 0.3) is 22.5 Å². The van der Waals surface area contributed by atoms with Crippen molar-refractivity contribution in [1.29, 1.82) is 0 Å². The highest BCUT2D eigenvalue weighted by Crippen LogP contribution is 2.36. The predicted octanol–water partition coefficient (Wildman–Crippen LogP) is 7.72. The Kier molecular flexibility index (Phi) is 15.2. The first-order valence-electron chi connectivity index (χ1n) is 25.3. The number of amides is 5. The number of aliphatic imine (C=N–C) groups is 1. The van der Waals surface area contributed by atoms with E-state index in [0.29, 0.717) is 69.0 Å². The summed E-state index contributed by atoms with van der Waals surface area (Å²) in [6.07, 6.45) is 5.10. The summed E-state index contributed by atoms with van der Waals surface area (Å²) in [5, 5.41) is 17.8. The summed E-state index contributed by atoms with van der Waals surface area (Å²) in [5.74, 6) is -2.83. The molecule has 22 heteroatoms. The molecule has 4 aliphatic rings. The highest BCUT2D eigenvalue weighted by atomic mass is 35.5. The lowest BCUT2D eigenvalue weighted by molar-refractivity contribution is -0.137. The van der Waals surface area contributed by atoms with Crippen molar-refractivity contribution < 1.29 is 42.2 Å². The quantitative estimate of drug-likeness (QED) is 0.0664. The number of aromatic nitrogens is 5. The van der Waals surface area contributed by atoms with Gasteiger partial charge in [-0.1, -0.05) is 47.1 Å². The molecule has 3 N–H and O–H groups in total. The van der Waals surface area contributed by atoms with Crippen LogP contribution in [-0.4, -0.2) is 133 Å². The molecular weight excluding hydrogens is 1010 g/mol. The lowest BCUT2D eigenvalue weighted by atomic mass is 9.95. The van der Waals surface area contributed by atoms with Gasteiger partial charge in [-0.3, -0.25) is 29.5 Å². The normalized spacial score (nSPS) is 16.7. The lowest BCUT2D eigenvalue weighted by Crippen LogP contribution is -2.52. The van der Waals surface area contributed by atoms with Crippen LogP contribution in [0.2, 0.25) is 5.02 Å². The van der Waals surface area contributed by atoms with Crippen molar-refractivity contribution >= 4 is 64.4 Å². The van der Waals surface area contributed by atoms with Crippen molar-refractivity contribution in [2.75, 3.05) is 56.6 Å². The monoisotopic (exact) mass is 1070 g/mol. The average molecular weight is 1070 g/mol. The second kappa shape index (κ2) is 22.3. The molecule has 1 unspecified atom stereocenters. The summed E-state index contributed by atoms with van der Waals surface area (Å²) in [6, 6.07) is 20.8. The standard InChI is InChI=1S/C55H55ClF2N12O7/c1-55(2,3)77-54(75)68(24-25-76-31-47(72)62-43-9-4-6-38-40(43)29-69(52(38)74)45-16-17-46(71)63-51(45)73)23-22-67-20-18-36(19-21-67)70-30-44(65-66-70)32-10-13-35(14-11-32)61-53-60-28-33-27-59-50(48-41(57)7-5-8-42(48)58)39-26-34(56)12-15-37(39)49(33)64-53/h4-15,26,28,30,36,45H,16-25,27,29,31H2,1-3H3,(H,62,72)(H,60,61,64)(H,63,71,73). The van der Waals surface area contributed by atoms with Crippen LogP contribution in [0.3, 0.4) is 0 Å². The second-order valence-corrected chi connectivity index (χ2v) is 20.6. The van der Waals surface area contributed by atoms with Gasteiger partial charge in [-0.05, 0) is 88.6 Å². The van der Waals surface area contributed by atoms with Gasteiger partial charge in [-0.15, -0.1) is 5.10 Å². The number of nitrogens with zero attached hydrogens (tertiary/aromatic N) is 9. The fourth-order valence-corrected chi connectivity index (χ4v) is 10.1. The Morgan fingerprint density at radius 2 is 1.69 bits per heavy atom. The van der Waals surface area contributed by atoms with Gasteiger partial charge < -0.3 is 34.8 Å². The minimum absolute atomic E-state index is 0.0641. The molecule has 0 saturated carbocycles. The maximum absolute atomic E-state index is 15.0. The molecule has 6 aromatic rings. The van der Waals surface area contributed by atoms with Crippen LogP contribution in [-0.2, 0) is 36.9 Å². The van der Waals surface area contributed by atoms with Crippen molar-refractivity contribution in [2.24, 2.45) is 4.99 Å². The van der Waals surface area contributed by atoms with E-state index in [2.05, 4.69) is 41.1 Å². The van der Waals surface area contributed by atoms with E-state index in [1.165, 1.54) is 23.1 Å². The Balaban J connectivity index is 0.700. The van der Waals surface area contributed by atoms with Crippen molar-refractivity contribution in [2.45, 2.75) is 77.2 Å². The number of carbonyl (C=O) groups is 5. The Hall–Kier alpha value is -8.01. The van der Waals surface area contributed by atoms with Gasteiger partial charge in [0.15, 0.2) is 0 Å². The van der Waals surface area contributed by atoms with Gasteiger partial charge in [0, 0.05) is 102 Å². The molecule has 2 aromatic heterocycles. The molecule has 0 spiro atoms. The summed E-state index contributed by atoms with van der Waals surface area (Å²) >= 11 is 6.40. The van der Waals surface area contributed by atoms with Gasteiger partial charge in [0.25, 0.3) is 5.91 Å². The minimum Gasteiger partial charge on any atom is -0.444 e. The first kappa shape index (κ1) is 52.4. The van der Waals surface area contributed by atoms with Gasteiger partial charge in [0.1, 0.15) is 35.6 Å². The van der Waals surface area contributed by atoms with Crippen LogP contribution in [0.5, 0.6) is 0 Å². The number of rotatable bonds is 15. The molecule has 1 atom stereocenters. The highest BCUT2D eigenvalue weighted by Gasteiger charge is 2.40. The first-order chi connectivity index (χ1) is 37.0. The number of ether oxygens (including phenoxy) is 2. The number of nitrogens with one attached hydrogen (secondary N) is 3. The third kappa shape index (κ3) is 11.9. The number of carbonyl (C=O) groups excluding carboxylic acids is 5. The zero-order valence-corrected chi connectivity index (χ0v) is 43.3. The Morgan fingerprint density at radius 3 is 2.44 bits per heavy atom. The molecule has 19 nitrogen and oxygen atoms in total. The van der Waals surface area contributed by atoms with E-state index in [1.54, 1.807) is 68.3 Å². The van der Waals surface area contributed by atoms with Gasteiger partial charge >= 0.3 is 6.09 Å². The van der Waals surface area contributed by atoms with Crippen molar-refractivity contribution in [3.63, 3.8) is 0 Å². The average Bonchev–Trinajstić information content (AvgIpc) is 4.04. The topological polar surface area (TPSA) is 218 Å². The largest absolute Gasteiger partial charge is 0.444 e. The molecule has 2 fully saturated rings. The SMILES string of the molecule is CC(C)(C)OC(=O)N(CCOCC(=O)Nc1cccc2c1CN(C1CCC(=O)NC1=O)C2=O)CCN1CCC(n2cc(-c3ccc(Nc4ncc5c(n4)-c4ccc(Cl)cc4C(c4c(F)cccc4F)=NC5)cc3)nn2)CC1. The van der Waals surface area contributed by atoms with E-state index >= 15 is 8.78 Å². The van der Waals surface area contributed by atoms with Crippen LogP contribution < -0.4 is 16.0 Å². The Morgan fingerprint density at radius 1 is 0.922 bits per heavy atom. The summed E-state index contributed by atoms with van der Waals surface area (Å²) in [6.45, 7) is 8.05. The number of halogens is 3. The number of imide groups is 1. The molecule has 6 heterocycles. The first-order valence-corrected chi connectivity index (χ1v) is 25.7. The van der Waals surface area contributed by atoms with Crippen molar-refractivity contribution in [3.8, 4) is 22.5 Å². The Bertz CT molecular complexity index is 3280. The maximum atomic E-state index is 15.0. The van der Waals surface area contributed by atoms with E-state index in [9.17, 15) is 24.0 Å². The zero-order chi connectivity index (χ0) is 54.0. The number of anilines is 3. The lowest BCUT2D eigenvalue weighted by Gasteiger charge is -2.34. The summed E-state index contributed by atoms with van der Waals surface area (Å²) < 4.78 is 43.5. The number of hydrogen-bond donors (Lipinski definition) is 3. The summed E-state index contributed by atoms with van der Waals surface area (Å²) in [4.78, 5) is 83.2. The number of benzene rings is 4. The predicted molar refractivity (Wildman–Crippen MR) is 281 cm³/mol. The molecule has 398 valence electrons. The minimum atomic E-state index is -0.781. The van der Waals surface area contributed by atoms with Crippen LogP contribution in [0, 0.1) is 11.6 Å². The summed E-state index contributed by atoms with van der Waals surface area (Å²) in [5.41, 5.74) is 5.17. The van der Waals surface area contributed by atoms with E-state index in [0.717, 1.165) is 37.2 Å². The third-order valence-corrected chi connectivity index (χ3v) is 14.0. The van der Waals surface area contributed by atoms with E-state index in [1.807, 2.05) is 35.1 Å². The van der Waals surface area contributed by atoms with Crippen molar-refractivity contribution in [1.82, 2.24) is 45.0 Å². The molecule has 0 bridgehead atoms. The molecular formula is C55H55ClF2N12O7. The van der Waals surface area contributed by atoms with Gasteiger partial charge in [0.2, 0.25) is 23.7 Å². The van der Waals surface area contributed by atoms with E-state index in [-0.39, 0.29) is 74.8 Å². The molecule has 10 rings (SSSR count). The molecule has 4 aromatic carbocycles.